The second-order valence-corrected chi connectivity index (χ2v) is 5.72. The average molecular weight is 374 g/mol. The van der Waals surface area contributed by atoms with Crippen molar-refractivity contribution in [3.63, 3.8) is 0 Å². The van der Waals surface area contributed by atoms with Crippen molar-refractivity contribution in [3.8, 4) is 11.5 Å². The number of ether oxygens (including phenoxy) is 2. The van der Waals surface area contributed by atoms with Gasteiger partial charge in [-0.1, -0.05) is 18.2 Å². The Hall–Kier alpha value is -3.93. The molecule has 140 valence electrons. The molecule has 3 aromatic rings. The topological polar surface area (TPSA) is 77.5 Å². The molecule has 0 spiro atoms. The molecule has 2 aromatic carbocycles. The fourth-order valence-corrected chi connectivity index (χ4v) is 2.43. The van der Waals surface area contributed by atoms with Gasteiger partial charge in [0, 0.05) is 24.2 Å². The van der Waals surface area contributed by atoms with Crippen molar-refractivity contribution in [1.82, 2.24) is 4.98 Å². The first-order valence-corrected chi connectivity index (χ1v) is 8.50. The van der Waals surface area contributed by atoms with Crippen LogP contribution in [0.2, 0.25) is 0 Å². The van der Waals surface area contributed by atoms with E-state index in [2.05, 4.69) is 10.3 Å². The SMILES string of the molecule is COc1ccccc1C(=O)Nc1ccc(OC(=O)/C=C/c2cccnc2)cc1. The van der Waals surface area contributed by atoms with Crippen LogP contribution in [-0.2, 0) is 4.79 Å². The molecule has 6 heteroatoms. The van der Waals surface area contributed by atoms with Crippen LogP contribution in [0.4, 0.5) is 5.69 Å². The highest BCUT2D eigenvalue weighted by Crippen LogP contribution is 2.21. The van der Waals surface area contributed by atoms with E-state index in [0.29, 0.717) is 22.7 Å². The number of benzene rings is 2. The zero-order chi connectivity index (χ0) is 19.8. The van der Waals surface area contributed by atoms with E-state index < -0.39 is 5.97 Å². The summed E-state index contributed by atoms with van der Waals surface area (Å²) in [5.74, 6) is 0.0679. The molecule has 0 fully saturated rings. The van der Waals surface area contributed by atoms with Crippen LogP contribution < -0.4 is 14.8 Å². The lowest BCUT2D eigenvalue weighted by Crippen LogP contribution is -2.13. The van der Waals surface area contributed by atoms with Crippen molar-refractivity contribution in [2.24, 2.45) is 0 Å². The Bertz CT molecular complexity index is 983. The fourth-order valence-electron chi connectivity index (χ4n) is 2.43. The van der Waals surface area contributed by atoms with Gasteiger partial charge in [0.25, 0.3) is 5.91 Å². The van der Waals surface area contributed by atoms with Gasteiger partial charge >= 0.3 is 5.97 Å². The molecule has 0 saturated heterocycles. The Morgan fingerprint density at radius 3 is 2.50 bits per heavy atom. The molecule has 0 atom stereocenters. The standard InChI is InChI=1S/C22H18N2O4/c1-27-20-7-3-2-6-19(20)22(26)24-17-9-11-18(12-10-17)28-21(25)13-8-16-5-4-14-23-15-16/h2-15H,1H3,(H,24,26)/b13-8+. The lowest BCUT2D eigenvalue weighted by molar-refractivity contribution is -0.128. The van der Waals surface area contributed by atoms with E-state index in [0.717, 1.165) is 5.56 Å². The zero-order valence-corrected chi connectivity index (χ0v) is 15.2. The summed E-state index contributed by atoms with van der Waals surface area (Å²) in [4.78, 5) is 28.2. The zero-order valence-electron chi connectivity index (χ0n) is 15.2. The highest BCUT2D eigenvalue weighted by Gasteiger charge is 2.11. The number of nitrogens with zero attached hydrogens (tertiary/aromatic N) is 1. The third-order valence-corrected chi connectivity index (χ3v) is 3.78. The smallest absolute Gasteiger partial charge is 0.336 e. The highest BCUT2D eigenvalue weighted by molar-refractivity contribution is 6.06. The number of esters is 1. The van der Waals surface area contributed by atoms with Gasteiger partial charge in [-0.15, -0.1) is 0 Å². The van der Waals surface area contributed by atoms with Gasteiger partial charge in [-0.05, 0) is 54.1 Å². The highest BCUT2D eigenvalue weighted by atomic mass is 16.5. The minimum Gasteiger partial charge on any atom is -0.496 e. The summed E-state index contributed by atoms with van der Waals surface area (Å²) in [7, 11) is 1.51. The van der Waals surface area contributed by atoms with Crippen molar-refractivity contribution in [3.05, 3.63) is 90.3 Å². The summed E-state index contributed by atoms with van der Waals surface area (Å²) in [6.45, 7) is 0. The number of pyridine rings is 1. The average Bonchev–Trinajstić information content (AvgIpc) is 2.74. The van der Waals surface area contributed by atoms with Gasteiger partial charge < -0.3 is 14.8 Å². The number of carbonyl (C=O) groups excluding carboxylic acids is 2. The van der Waals surface area contributed by atoms with Crippen molar-refractivity contribution >= 4 is 23.6 Å². The number of nitrogens with one attached hydrogen (secondary N) is 1. The predicted molar refractivity (Wildman–Crippen MR) is 106 cm³/mol. The van der Waals surface area contributed by atoms with E-state index in [1.165, 1.54) is 13.2 Å². The number of rotatable bonds is 6. The number of hydrogen-bond acceptors (Lipinski definition) is 5. The van der Waals surface area contributed by atoms with E-state index in [1.54, 1.807) is 73.1 Å². The summed E-state index contributed by atoms with van der Waals surface area (Å²) in [5, 5.41) is 2.78. The summed E-state index contributed by atoms with van der Waals surface area (Å²) < 4.78 is 10.4. The largest absolute Gasteiger partial charge is 0.496 e. The molecule has 0 unspecified atom stereocenters. The quantitative estimate of drug-likeness (QED) is 0.401. The molecule has 1 aromatic heterocycles. The number of hydrogen-bond donors (Lipinski definition) is 1. The van der Waals surface area contributed by atoms with E-state index >= 15 is 0 Å². The van der Waals surface area contributed by atoms with Gasteiger partial charge in [-0.2, -0.15) is 0 Å². The van der Waals surface area contributed by atoms with Crippen LogP contribution in [0.25, 0.3) is 6.08 Å². The van der Waals surface area contributed by atoms with E-state index in [-0.39, 0.29) is 5.91 Å². The van der Waals surface area contributed by atoms with Crippen LogP contribution in [0.1, 0.15) is 15.9 Å². The number of anilines is 1. The summed E-state index contributed by atoms with van der Waals surface area (Å²) in [5.41, 5.74) is 1.80. The third-order valence-electron chi connectivity index (χ3n) is 3.78. The molecule has 0 aliphatic heterocycles. The second kappa shape index (κ2) is 9.14. The van der Waals surface area contributed by atoms with Crippen LogP contribution >= 0.6 is 0 Å². The first-order chi connectivity index (χ1) is 13.7. The molecule has 28 heavy (non-hydrogen) atoms. The minimum atomic E-state index is -0.505. The number of amides is 1. The Morgan fingerprint density at radius 1 is 1.00 bits per heavy atom. The Kier molecular flexibility index (Phi) is 6.15. The Balaban J connectivity index is 1.59. The first-order valence-electron chi connectivity index (χ1n) is 8.50. The normalized spacial score (nSPS) is 10.5. The van der Waals surface area contributed by atoms with Crippen LogP contribution in [-0.4, -0.2) is 24.0 Å². The van der Waals surface area contributed by atoms with Gasteiger partial charge in [-0.25, -0.2) is 4.79 Å². The van der Waals surface area contributed by atoms with Crippen molar-refractivity contribution in [1.29, 1.82) is 0 Å². The molecule has 0 aliphatic rings. The first kappa shape index (κ1) is 18.8. The van der Waals surface area contributed by atoms with Gasteiger partial charge in [0.1, 0.15) is 11.5 Å². The van der Waals surface area contributed by atoms with Gasteiger partial charge in [0.2, 0.25) is 0 Å². The molecule has 3 rings (SSSR count). The molecular formula is C22H18N2O4. The maximum Gasteiger partial charge on any atom is 0.336 e. The van der Waals surface area contributed by atoms with Crippen LogP contribution in [0, 0.1) is 0 Å². The molecule has 0 bridgehead atoms. The van der Waals surface area contributed by atoms with Crippen LogP contribution in [0.5, 0.6) is 11.5 Å². The molecule has 0 radical (unpaired) electrons. The van der Waals surface area contributed by atoms with Crippen molar-refractivity contribution < 1.29 is 19.1 Å². The number of methoxy groups -OCH3 is 1. The number of aromatic nitrogens is 1. The third kappa shape index (κ3) is 5.04. The number of carbonyl (C=O) groups is 2. The Labute approximate surface area is 162 Å². The van der Waals surface area contributed by atoms with Crippen molar-refractivity contribution in [2.45, 2.75) is 0 Å². The van der Waals surface area contributed by atoms with Gasteiger partial charge in [0.05, 0.1) is 12.7 Å². The Morgan fingerprint density at radius 2 is 1.79 bits per heavy atom. The molecule has 0 saturated carbocycles. The second-order valence-electron chi connectivity index (χ2n) is 5.72. The molecule has 1 heterocycles. The lowest BCUT2D eigenvalue weighted by atomic mass is 10.2. The molecule has 1 amide bonds. The van der Waals surface area contributed by atoms with Gasteiger partial charge in [0.15, 0.2) is 0 Å². The monoisotopic (exact) mass is 374 g/mol. The number of para-hydroxylation sites is 1. The maximum absolute atomic E-state index is 12.4. The van der Waals surface area contributed by atoms with E-state index in [1.807, 2.05) is 6.07 Å². The lowest BCUT2D eigenvalue weighted by Gasteiger charge is -2.09. The predicted octanol–water partition coefficient (Wildman–Crippen LogP) is 3.96. The van der Waals surface area contributed by atoms with E-state index in [4.69, 9.17) is 9.47 Å². The van der Waals surface area contributed by atoms with Gasteiger partial charge in [-0.3, -0.25) is 9.78 Å². The summed E-state index contributed by atoms with van der Waals surface area (Å²) >= 11 is 0. The fraction of sp³-hybridized carbons (Fsp3) is 0.0455. The van der Waals surface area contributed by atoms with Crippen LogP contribution in [0.15, 0.2) is 79.1 Å². The van der Waals surface area contributed by atoms with E-state index in [9.17, 15) is 9.59 Å². The molecular weight excluding hydrogens is 356 g/mol. The minimum absolute atomic E-state index is 0.290. The molecule has 1 N–H and O–H groups in total. The van der Waals surface area contributed by atoms with Crippen LogP contribution in [0.3, 0.4) is 0 Å². The summed E-state index contributed by atoms with van der Waals surface area (Å²) in [6.07, 6.45) is 6.25. The van der Waals surface area contributed by atoms with Crippen molar-refractivity contribution in [2.75, 3.05) is 12.4 Å². The maximum atomic E-state index is 12.4. The molecule has 6 nitrogen and oxygen atoms in total. The summed E-state index contributed by atoms with van der Waals surface area (Å²) in [6, 6.07) is 17.1. The molecule has 0 aliphatic carbocycles.